The van der Waals surface area contributed by atoms with Crippen molar-refractivity contribution in [2.24, 2.45) is 5.14 Å². The summed E-state index contributed by atoms with van der Waals surface area (Å²) in [5, 5.41) is 11.6. The molecule has 0 saturated heterocycles. The zero-order valence-corrected chi connectivity index (χ0v) is 16.6. The van der Waals surface area contributed by atoms with Crippen molar-refractivity contribution in [3.8, 4) is 0 Å². The molecule has 0 amide bonds. The third-order valence-corrected chi connectivity index (χ3v) is 5.32. The van der Waals surface area contributed by atoms with E-state index >= 15 is 0 Å². The van der Waals surface area contributed by atoms with E-state index in [9.17, 15) is 8.42 Å². The van der Waals surface area contributed by atoms with Crippen LogP contribution in [0.2, 0.25) is 0 Å². The summed E-state index contributed by atoms with van der Waals surface area (Å²) in [6.07, 6.45) is 2.41. The van der Waals surface area contributed by atoms with Crippen molar-refractivity contribution in [3.63, 3.8) is 0 Å². The number of hydrogen-bond acceptors (Lipinski definition) is 6. The van der Waals surface area contributed by atoms with Crippen molar-refractivity contribution >= 4 is 27.5 Å². The Bertz CT molecular complexity index is 1070. The molecular weight excluding hydrogens is 374 g/mol. The monoisotopic (exact) mass is 397 g/mol. The molecule has 4 N–H and O–H groups in total. The third-order valence-electron chi connectivity index (χ3n) is 4.39. The largest absolute Gasteiger partial charge is 0.370 e. The molecular formula is C20H23N5O2S. The van der Waals surface area contributed by atoms with Crippen molar-refractivity contribution in [1.29, 1.82) is 0 Å². The van der Waals surface area contributed by atoms with Gasteiger partial charge in [0.15, 0.2) is 0 Å². The number of benzene rings is 2. The predicted octanol–water partition coefficient (Wildman–Crippen LogP) is 3.14. The van der Waals surface area contributed by atoms with Crippen molar-refractivity contribution < 1.29 is 8.42 Å². The van der Waals surface area contributed by atoms with Crippen LogP contribution >= 0.6 is 0 Å². The standard InChI is InChI=1S/C20H23N5O2S/c1-14-3-6-17(13-15(14)2)24-20-23-12-10-19(25-20)22-11-9-16-4-7-18(8-5-16)28(21,26)27/h3-8,10,12-13H,9,11H2,1-2H3,(H2,21,26,27)(H2,22,23,24,25). The zero-order chi connectivity index (χ0) is 20.1. The smallest absolute Gasteiger partial charge is 0.238 e. The minimum atomic E-state index is -3.66. The molecule has 28 heavy (non-hydrogen) atoms. The number of primary sulfonamides is 1. The number of aryl methyl sites for hydroxylation is 2. The van der Waals surface area contributed by atoms with Gasteiger partial charge in [0, 0.05) is 18.4 Å². The normalized spacial score (nSPS) is 11.2. The van der Waals surface area contributed by atoms with Gasteiger partial charge >= 0.3 is 0 Å². The van der Waals surface area contributed by atoms with Crippen LogP contribution < -0.4 is 15.8 Å². The summed E-state index contributed by atoms with van der Waals surface area (Å²) in [5.74, 6) is 1.23. The molecule has 146 valence electrons. The number of sulfonamides is 1. The van der Waals surface area contributed by atoms with Gasteiger partial charge in [0.2, 0.25) is 16.0 Å². The Morgan fingerprint density at radius 3 is 2.43 bits per heavy atom. The van der Waals surface area contributed by atoms with E-state index in [0.29, 0.717) is 18.3 Å². The minimum absolute atomic E-state index is 0.113. The molecule has 0 aliphatic carbocycles. The van der Waals surface area contributed by atoms with Crippen molar-refractivity contribution in [3.05, 3.63) is 71.4 Å². The Hall–Kier alpha value is -2.97. The molecule has 0 atom stereocenters. The Morgan fingerprint density at radius 2 is 1.75 bits per heavy atom. The van der Waals surface area contributed by atoms with Crippen LogP contribution in [0, 0.1) is 13.8 Å². The summed E-state index contributed by atoms with van der Waals surface area (Å²) in [6.45, 7) is 4.78. The summed E-state index contributed by atoms with van der Waals surface area (Å²) in [7, 11) is -3.66. The van der Waals surface area contributed by atoms with E-state index in [0.717, 1.165) is 17.7 Å². The van der Waals surface area contributed by atoms with Gasteiger partial charge in [0.25, 0.3) is 0 Å². The highest BCUT2D eigenvalue weighted by atomic mass is 32.2. The van der Waals surface area contributed by atoms with Crippen LogP contribution in [0.3, 0.4) is 0 Å². The lowest BCUT2D eigenvalue weighted by molar-refractivity contribution is 0.598. The maximum Gasteiger partial charge on any atom is 0.238 e. The third kappa shape index (κ3) is 5.28. The summed E-state index contributed by atoms with van der Waals surface area (Å²) < 4.78 is 22.6. The molecule has 8 heteroatoms. The molecule has 0 spiro atoms. The fourth-order valence-corrected chi connectivity index (χ4v) is 3.16. The van der Waals surface area contributed by atoms with Crippen LogP contribution in [-0.4, -0.2) is 24.9 Å². The lowest BCUT2D eigenvalue weighted by Crippen LogP contribution is -2.12. The van der Waals surface area contributed by atoms with Crippen molar-refractivity contribution in [2.75, 3.05) is 17.2 Å². The van der Waals surface area contributed by atoms with Crippen LogP contribution in [0.25, 0.3) is 0 Å². The van der Waals surface area contributed by atoms with E-state index in [-0.39, 0.29) is 4.90 Å². The Labute approximate surface area is 165 Å². The first kappa shape index (κ1) is 19.8. The van der Waals surface area contributed by atoms with Gasteiger partial charge in [-0.25, -0.2) is 18.5 Å². The molecule has 1 heterocycles. The van der Waals surface area contributed by atoms with Gasteiger partial charge < -0.3 is 10.6 Å². The molecule has 0 bridgehead atoms. The molecule has 0 unspecified atom stereocenters. The summed E-state index contributed by atoms with van der Waals surface area (Å²) in [4.78, 5) is 8.84. The maximum atomic E-state index is 11.3. The van der Waals surface area contributed by atoms with E-state index in [4.69, 9.17) is 5.14 Å². The molecule has 2 aromatic carbocycles. The first-order valence-corrected chi connectivity index (χ1v) is 10.4. The van der Waals surface area contributed by atoms with E-state index in [1.807, 2.05) is 6.07 Å². The Morgan fingerprint density at radius 1 is 1.00 bits per heavy atom. The molecule has 0 radical (unpaired) electrons. The Kier molecular flexibility index (Phi) is 5.91. The second kappa shape index (κ2) is 8.37. The topological polar surface area (TPSA) is 110 Å². The number of nitrogens with two attached hydrogens (primary N) is 1. The fraction of sp³-hybridized carbons (Fsp3) is 0.200. The Balaban J connectivity index is 1.58. The SMILES string of the molecule is Cc1ccc(Nc2nccc(NCCc3ccc(S(N)(=O)=O)cc3)n2)cc1C. The molecule has 3 aromatic rings. The number of rotatable bonds is 7. The number of hydrogen-bond donors (Lipinski definition) is 3. The highest BCUT2D eigenvalue weighted by Crippen LogP contribution is 2.18. The molecule has 0 aliphatic rings. The van der Waals surface area contributed by atoms with E-state index in [1.165, 1.54) is 23.3 Å². The highest BCUT2D eigenvalue weighted by Gasteiger charge is 2.07. The number of anilines is 3. The molecule has 0 saturated carbocycles. The van der Waals surface area contributed by atoms with Gasteiger partial charge in [-0.3, -0.25) is 0 Å². The summed E-state index contributed by atoms with van der Waals surface area (Å²) in [6, 6.07) is 14.5. The summed E-state index contributed by atoms with van der Waals surface area (Å²) in [5.41, 5.74) is 4.38. The average Bonchev–Trinajstić information content (AvgIpc) is 2.65. The fourth-order valence-electron chi connectivity index (χ4n) is 2.65. The van der Waals surface area contributed by atoms with Crippen LogP contribution in [0.15, 0.2) is 59.6 Å². The quantitative estimate of drug-likeness (QED) is 0.565. The lowest BCUT2D eigenvalue weighted by atomic mass is 10.1. The van der Waals surface area contributed by atoms with Crippen LogP contribution in [0.5, 0.6) is 0 Å². The summed E-state index contributed by atoms with van der Waals surface area (Å²) >= 11 is 0. The van der Waals surface area contributed by atoms with Gasteiger partial charge in [0.1, 0.15) is 5.82 Å². The molecule has 3 rings (SSSR count). The molecule has 0 aliphatic heterocycles. The average molecular weight is 398 g/mol. The maximum absolute atomic E-state index is 11.3. The lowest BCUT2D eigenvalue weighted by Gasteiger charge is -2.10. The van der Waals surface area contributed by atoms with Crippen LogP contribution in [0.4, 0.5) is 17.5 Å². The minimum Gasteiger partial charge on any atom is -0.370 e. The number of nitrogens with one attached hydrogen (secondary N) is 2. The highest BCUT2D eigenvalue weighted by molar-refractivity contribution is 7.89. The van der Waals surface area contributed by atoms with E-state index in [2.05, 4.69) is 46.6 Å². The first-order valence-electron chi connectivity index (χ1n) is 8.84. The zero-order valence-electron chi connectivity index (χ0n) is 15.8. The van der Waals surface area contributed by atoms with Gasteiger partial charge in [-0.05, 0) is 67.3 Å². The van der Waals surface area contributed by atoms with Gasteiger partial charge in [0.05, 0.1) is 4.90 Å². The number of aromatic nitrogens is 2. The second-order valence-corrected chi connectivity index (χ2v) is 8.12. The van der Waals surface area contributed by atoms with Crippen LogP contribution in [0.1, 0.15) is 16.7 Å². The van der Waals surface area contributed by atoms with Crippen LogP contribution in [-0.2, 0) is 16.4 Å². The first-order chi connectivity index (χ1) is 13.3. The molecule has 0 fully saturated rings. The van der Waals surface area contributed by atoms with Gasteiger partial charge in [-0.15, -0.1) is 0 Å². The predicted molar refractivity (Wildman–Crippen MR) is 111 cm³/mol. The van der Waals surface area contributed by atoms with Gasteiger partial charge in [-0.2, -0.15) is 4.98 Å². The molecule has 1 aromatic heterocycles. The number of nitrogens with zero attached hydrogens (tertiary/aromatic N) is 2. The van der Waals surface area contributed by atoms with Crippen molar-refractivity contribution in [1.82, 2.24) is 9.97 Å². The van der Waals surface area contributed by atoms with Gasteiger partial charge in [-0.1, -0.05) is 18.2 Å². The van der Waals surface area contributed by atoms with E-state index in [1.54, 1.807) is 24.4 Å². The second-order valence-electron chi connectivity index (χ2n) is 6.56. The molecule has 7 nitrogen and oxygen atoms in total. The van der Waals surface area contributed by atoms with E-state index < -0.39 is 10.0 Å². The van der Waals surface area contributed by atoms with Crippen molar-refractivity contribution in [2.45, 2.75) is 25.2 Å².